The molecule has 7 nitrogen and oxygen atoms in total. The predicted molar refractivity (Wildman–Crippen MR) is 116 cm³/mol. The van der Waals surface area contributed by atoms with Crippen molar-refractivity contribution in [3.8, 4) is 5.75 Å². The Kier molecular flexibility index (Phi) is 4.72. The van der Waals surface area contributed by atoms with Crippen LogP contribution in [0.5, 0.6) is 5.75 Å². The monoisotopic (exact) mass is 463 g/mol. The molecule has 0 spiro atoms. The number of nitrogen functional groups attached to an aromatic ring is 1. The van der Waals surface area contributed by atoms with Gasteiger partial charge in [-0.25, -0.2) is 4.98 Å². The fourth-order valence-electron chi connectivity index (χ4n) is 6.36. The summed E-state index contributed by atoms with van der Waals surface area (Å²) in [4.78, 5) is 11.4. The van der Waals surface area contributed by atoms with Crippen molar-refractivity contribution in [3.63, 3.8) is 0 Å². The Morgan fingerprint density at radius 3 is 2.73 bits per heavy atom. The van der Waals surface area contributed by atoms with Gasteiger partial charge in [0.25, 0.3) is 0 Å². The Bertz CT molecular complexity index is 1010. The lowest BCUT2D eigenvalue weighted by molar-refractivity contribution is -0.274. The van der Waals surface area contributed by atoms with Crippen molar-refractivity contribution in [2.24, 2.45) is 39.8 Å². The van der Waals surface area contributed by atoms with E-state index in [1.165, 1.54) is 31.5 Å². The fraction of sp³-hybridized carbons (Fsp3) is 0.652. The molecule has 4 N–H and O–H groups in total. The van der Waals surface area contributed by atoms with Gasteiger partial charge in [0.05, 0.1) is 13.2 Å². The maximum atomic E-state index is 12.7. The van der Waals surface area contributed by atoms with E-state index in [1.54, 1.807) is 0 Å². The predicted octanol–water partition coefficient (Wildman–Crippen LogP) is 2.68. The van der Waals surface area contributed by atoms with Crippen molar-refractivity contribution in [2.75, 3.05) is 38.6 Å². The summed E-state index contributed by atoms with van der Waals surface area (Å²) in [5.74, 6) is 1.64. The molecule has 2 heterocycles. The first kappa shape index (κ1) is 21.2. The van der Waals surface area contributed by atoms with Crippen molar-refractivity contribution < 1.29 is 22.6 Å². The summed E-state index contributed by atoms with van der Waals surface area (Å²) in [5.41, 5.74) is 13.7. The zero-order chi connectivity index (χ0) is 23.0. The van der Waals surface area contributed by atoms with E-state index >= 15 is 0 Å². The normalized spacial score (nSPS) is 36.0. The molecule has 5 saturated carbocycles. The number of rotatable bonds is 7. The standard InChI is InChI=1S/C23H28F3N5O2/c24-23(25,26)33-17-7-13(11-30-21(17)28)15(27)9-18(29-10-12-1-2-12)22-14-8-16(20(22)19(14)22)31-3-5-32-6-4-31/h7,9,11-12,14,16,19-20H,1-6,8,10,27H2,(H2,28,30). The van der Waals surface area contributed by atoms with Crippen LogP contribution in [0.4, 0.5) is 19.0 Å². The molecule has 5 aliphatic carbocycles. The quantitative estimate of drug-likeness (QED) is 0.604. The van der Waals surface area contributed by atoms with E-state index in [0.29, 0.717) is 41.0 Å². The van der Waals surface area contributed by atoms with Gasteiger partial charge in [-0.3, -0.25) is 9.89 Å². The molecule has 5 atom stereocenters. The van der Waals surface area contributed by atoms with Crippen LogP contribution in [-0.4, -0.2) is 60.8 Å². The number of nitrogens with two attached hydrogens (primary N) is 2. The first-order valence-corrected chi connectivity index (χ1v) is 11.6. The smallest absolute Gasteiger partial charge is 0.402 e. The van der Waals surface area contributed by atoms with Gasteiger partial charge in [-0.05, 0) is 55.1 Å². The Morgan fingerprint density at radius 1 is 1.30 bits per heavy atom. The van der Waals surface area contributed by atoms with Crippen LogP contribution in [0.2, 0.25) is 0 Å². The van der Waals surface area contributed by atoms with E-state index in [9.17, 15) is 13.2 Å². The summed E-state index contributed by atoms with van der Waals surface area (Å²) >= 11 is 0. The molecule has 0 amide bonds. The van der Waals surface area contributed by atoms with E-state index in [1.807, 2.05) is 6.08 Å². The summed E-state index contributed by atoms with van der Waals surface area (Å²) in [6.45, 7) is 4.31. The summed E-state index contributed by atoms with van der Waals surface area (Å²) < 4.78 is 47.7. The van der Waals surface area contributed by atoms with Crippen molar-refractivity contribution in [1.82, 2.24) is 9.88 Å². The number of fused-ring (bicyclic) bond motifs is 1. The number of morpholine rings is 1. The number of halogens is 3. The van der Waals surface area contributed by atoms with E-state index in [2.05, 4.69) is 14.6 Å². The Labute approximate surface area is 190 Å². The first-order chi connectivity index (χ1) is 15.8. The maximum absolute atomic E-state index is 12.7. The largest absolute Gasteiger partial charge is 0.573 e. The van der Waals surface area contributed by atoms with E-state index < -0.39 is 12.1 Å². The van der Waals surface area contributed by atoms with Crippen molar-refractivity contribution in [2.45, 2.75) is 31.7 Å². The maximum Gasteiger partial charge on any atom is 0.573 e. The molecule has 6 fully saturated rings. The number of aromatic nitrogens is 1. The number of anilines is 1. The Hall–Kier alpha value is -2.33. The molecule has 6 aliphatic rings. The number of pyridine rings is 1. The highest BCUT2D eigenvalue weighted by atomic mass is 19.4. The van der Waals surface area contributed by atoms with Gasteiger partial charge in [0.15, 0.2) is 11.6 Å². The minimum atomic E-state index is -4.86. The summed E-state index contributed by atoms with van der Waals surface area (Å²) in [7, 11) is 0. The number of alkyl halides is 3. The lowest BCUT2D eigenvalue weighted by Gasteiger charge is -2.32. The molecule has 2 bridgehead atoms. The molecule has 0 aromatic carbocycles. The number of allylic oxidation sites excluding steroid dienone is 1. The Balaban J connectivity index is 1.26. The lowest BCUT2D eigenvalue weighted by Crippen LogP contribution is -2.43. The van der Waals surface area contributed by atoms with Crippen LogP contribution < -0.4 is 16.2 Å². The van der Waals surface area contributed by atoms with Crippen LogP contribution >= 0.6 is 0 Å². The summed E-state index contributed by atoms with van der Waals surface area (Å²) in [6.07, 6.45) is 1.97. The molecule has 5 unspecified atom stereocenters. The van der Waals surface area contributed by atoms with Crippen molar-refractivity contribution >= 4 is 17.2 Å². The summed E-state index contributed by atoms with van der Waals surface area (Å²) in [6, 6.07) is 1.76. The van der Waals surface area contributed by atoms with Crippen LogP contribution in [0.25, 0.3) is 5.70 Å². The minimum Gasteiger partial charge on any atom is -0.402 e. The molecule has 10 heteroatoms. The number of ether oxygens (including phenoxy) is 2. The highest BCUT2D eigenvalue weighted by Gasteiger charge is 2.93. The number of hydrogen-bond donors (Lipinski definition) is 2. The first-order valence-electron chi connectivity index (χ1n) is 11.6. The SMILES string of the molecule is NC(=CC(=NCC1CC1)C12C3CC(N4CCOCC4)C1C32)c1cnc(N)c(OC(F)(F)F)c1. The molecule has 1 aromatic rings. The van der Waals surface area contributed by atoms with Crippen LogP contribution in [-0.2, 0) is 4.74 Å². The molecule has 178 valence electrons. The van der Waals surface area contributed by atoms with Crippen LogP contribution in [0.3, 0.4) is 0 Å². The summed E-state index contributed by atoms with van der Waals surface area (Å²) in [5, 5.41) is 0. The zero-order valence-electron chi connectivity index (χ0n) is 18.2. The van der Waals surface area contributed by atoms with Crippen LogP contribution in [0.1, 0.15) is 24.8 Å². The second-order valence-corrected chi connectivity index (χ2v) is 9.97. The Morgan fingerprint density at radius 2 is 2.06 bits per heavy atom. The zero-order valence-corrected chi connectivity index (χ0v) is 18.2. The molecular formula is C23H28F3N5O2. The van der Waals surface area contributed by atoms with Gasteiger partial charge in [-0.1, -0.05) is 0 Å². The molecule has 0 radical (unpaired) electrons. The van der Waals surface area contributed by atoms with Gasteiger partial charge >= 0.3 is 6.36 Å². The van der Waals surface area contributed by atoms with Gasteiger partial charge in [0.2, 0.25) is 0 Å². The number of nitrogens with zero attached hydrogens (tertiary/aromatic N) is 3. The van der Waals surface area contributed by atoms with Gasteiger partial charge in [0, 0.05) is 54.3 Å². The molecule has 1 aliphatic heterocycles. The average Bonchev–Trinajstić information content (AvgIpc) is 3.73. The molecule has 7 rings (SSSR count). The van der Waals surface area contributed by atoms with Crippen LogP contribution in [0.15, 0.2) is 23.3 Å². The fourth-order valence-corrected chi connectivity index (χ4v) is 6.36. The second kappa shape index (κ2) is 7.33. The van der Waals surface area contributed by atoms with Gasteiger partial charge in [0.1, 0.15) is 0 Å². The third-order valence-corrected chi connectivity index (χ3v) is 8.14. The molecular weight excluding hydrogens is 435 g/mol. The molecule has 33 heavy (non-hydrogen) atoms. The third-order valence-electron chi connectivity index (χ3n) is 8.14. The number of hydrogen-bond acceptors (Lipinski definition) is 7. The average molecular weight is 464 g/mol. The van der Waals surface area contributed by atoms with Gasteiger partial charge in [-0.2, -0.15) is 0 Å². The molecule has 1 saturated heterocycles. The van der Waals surface area contributed by atoms with Gasteiger partial charge in [-0.15, -0.1) is 13.2 Å². The minimum absolute atomic E-state index is 0.0923. The van der Waals surface area contributed by atoms with Crippen molar-refractivity contribution in [3.05, 3.63) is 23.9 Å². The van der Waals surface area contributed by atoms with Gasteiger partial charge < -0.3 is 20.9 Å². The van der Waals surface area contributed by atoms with Crippen LogP contribution in [0, 0.1) is 29.1 Å². The van der Waals surface area contributed by atoms with E-state index in [-0.39, 0.29) is 11.2 Å². The highest BCUT2D eigenvalue weighted by Crippen LogP contribution is 2.92. The molecule has 1 aromatic heterocycles. The highest BCUT2D eigenvalue weighted by molar-refractivity contribution is 6.10. The lowest BCUT2D eigenvalue weighted by atomic mass is 9.97. The van der Waals surface area contributed by atoms with Crippen molar-refractivity contribution in [1.29, 1.82) is 0 Å². The van der Waals surface area contributed by atoms with E-state index in [4.69, 9.17) is 21.2 Å². The second-order valence-electron chi connectivity index (χ2n) is 9.97. The third kappa shape index (κ3) is 3.58. The topological polar surface area (TPSA) is 99.0 Å². The number of aliphatic imine (C=N–C) groups is 1. The van der Waals surface area contributed by atoms with E-state index in [0.717, 1.165) is 38.6 Å².